The van der Waals surface area contributed by atoms with Crippen LogP contribution in [0.4, 0.5) is 10.1 Å². The summed E-state index contributed by atoms with van der Waals surface area (Å²) < 4.78 is 13.5. The molecular formula is C29H24FN7O. The van der Waals surface area contributed by atoms with Gasteiger partial charge in [0.1, 0.15) is 11.5 Å². The quantitative estimate of drug-likeness (QED) is 0.244. The Balaban J connectivity index is 1.38. The fraction of sp³-hybridized carbons (Fsp3) is 0.138. The highest BCUT2D eigenvalue weighted by Gasteiger charge is 2.16. The molecule has 0 aliphatic rings. The van der Waals surface area contributed by atoms with Gasteiger partial charge < -0.3 is 10.3 Å². The topological polar surface area (TPSA) is 112 Å². The summed E-state index contributed by atoms with van der Waals surface area (Å²) in [6.45, 7) is 4.01. The Labute approximate surface area is 217 Å². The maximum absolute atomic E-state index is 13.5. The third kappa shape index (κ3) is 4.50. The highest BCUT2D eigenvalue weighted by molar-refractivity contribution is 6.01. The molecule has 5 heterocycles. The van der Waals surface area contributed by atoms with E-state index in [4.69, 9.17) is 0 Å². The smallest absolute Gasteiger partial charge is 0.224 e. The number of hydrogen-bond donors (Lipinski definition) is 3. The summed E-state index contributed by atoms with van der Waals surface area (Å²) in [7, 11) is 0. The van der Waals surface area contributed by atoms with Crippen molar-refractivity contribution in [3.63, 3.8) is 0 Å². The first-order valence-corrected chi connectivity index (χ1v) is 12.3. The van der Waals surface area contributed by atoms with E-state index >= 15 is 0 Å². The van der Waals surface area contributed by atoms with Gasteiger partial charge in [-0.1, -0.05) is 26.0 Å². The number of nitrogens with zero attached hydrogens (tertiary/aromatic N) is 4. The first-order chi connectivity index (χ1) is 18.4. The predicted octanol–water partition coefficient (Wildman–Crippen LogP) is 6.35. The SMILES string of the molecule is CC(C)CC(=O)Nc1cncc(-c2cc3c(-c4cc5c(-c6ccc(F)cc6)cncc5[nH]4)n[nH]c3cn2)c1. The number of anilines is 1. The molecule has 0 saturated heterocycles. The van der Waals surface area contributed by atoms with E-state index in [2.05, 4.69) is 35.5 Å². The molecule has 0 saturated carbocycles. The number of halogens is 1. The molecule has 0 radical (unpaired) electrons. The maximum atomic E-state index is 13.5. The van der Waals surface area contributed by atoms with Crippen LogP contribution < -0.4 is 5.32 Å². The predicted molar refractivity (Wildman–Crippen MR) is 146 cm³/mol. The summed E-state index contributed by atoms with van der Waals surface area (Å²) in [5.41, 5.74) is 7.06. The second kappa shape index (κ2) is 9.51. The number of aromatic amines is 2. The average molecular weight is 506 g/mol. The van der Waals surface area contributed by atoms with E-state index in [0.29, 0.717) is 17.8 Å². The van der Waals surface area contributed by atoms with Crippen molar-refractivity contribution in [1.29, 1.82) is 0 Å². The monoisotopic (exact) mass is 505 g/mol. The highest BCUT2D eigenvalue weighted by atomic mass is 19.1. The molecule has 8 nitrogen and oxygen atoms in total. The van der Waals surface area contributed by atoms with Crippen LogP contribution in [0.3, 0.4) is 0 Å². The van der Waals surface area contributed by atoms with Crippen LogP contribution in [0, 0.1) is 11.7 Å². The van der Waals surface area contributed by atoms with E-state index in [1.165, 1.54) is 12.1 Å². The minimum Gasteiger partial charge on any atom is -0.352 e. The summed E-state index contributed by atoms with van der Waals surface area (Å²) in [6.07, 6.45) is 9.06. The number of carbonyl (C=O) groups is 1. The fourth-order valence-corrected chi connectivity index (χ4v) is 4.55. The molecule has 188 valence electrons. The first kappa shape index (κ1) is 23.5. The van der Waals surface area contributed by atoms with Crippen molar-refractivity contribution >= 4 is 33.4 Å². The van der Waals surface area contributed by atoms with Crippen LogP contribution in [0.2, 0.25) is 0 Å². The van der Waals surface area contributed by atoms with E-state index in [9.17, 15) is 9.18 Å². The Kier molecular flexibility index (Phi) is 5.88. The Bertz CT molecular complexity index is 1790. The summed E-state index contributed by atoms with van der Waals surface area (Å²) in [6, 6.07) is 12.2. The molecule has 0 fully saturated rings. The first-order valence-electron chi connectivity index (χ1n) is 12.3. The molecule has 1 aromatic carbocycles. The minimum absolute atomic E-state index is 0.0483. The molecule has 0 bridgehead atoms. The van der Waals surface area contributed by atoms with Gasteiger partial charge in [-0.2, -0.15) is 5.10 Å². The van der Waals surface area contributed by atoms with E-state index in [-0.39, 0.29) is 17.6 Å². The van der Waals surface area contributed by atoms with Crippen molar-refractivity contribution in [3.05, 3.63) is 79.3 Å². The van der Waals surface area contributed by atoms with Gasteiger partial charge in [0, 0.05) is 40.7 Å². The number of rotatable bonds is 6. The molecule has 5 aromatic heterocycles. The highest BCUT2D eigenvalue weighted by Crippen LogP contribution is 2.34. The molecule has 0 atom stereocenters. The average Bonchev–Trinajstić information content (AvgIpc) is 3.52. The van der Waals surface area contributed by atoms with Crippen LogP contribution in [-0.2, 0) is 4.79 Å². The number of hydrogen-bond acceptors (Lipinski definition) is 5. The number of benzene rings is 1. The van der Waals surface area contributed by atoms with Gasteiger partial charge in [-0.25, -0.2) is 4.39 Å². The van der Waals surface area contributed by atoms with Gasteiger partial charge in [0.05, 0.1) is 46.7 Å². The Morgan fingerprint density at radius 3 is 2.55 bits per heavy atom. The Morgan fingerprint density at radius 2 is 1.74 bits per heavy atom. The van der Waals surface area contributed by atoms with Crippen LogP contribution in [0.15, 0.2) is 73.4 Å². The summed E-state index contributed by atoms with van der Waals surface area (Å²) in [4.78, 5) is 28.9. The van der Waals surface area contributed by atoms with Crippen molar-refractivity contribution < 1.29 is 9.18 Å². The number of amides is 1. The van der Waals surface area contributed by atoms with Gasteiger partial charge in [0.25, 0.3) is 0 Å². The van der Waals surface area contributed by atoms with Crippen LogP contribution in [0.1, 0.15) is 20.3 Å². The standard InChI is InChI=1S/C29H24FN7O/c1-16(2)7-28(38)34-20-8-18(11-31-12-20)24-10-22-27(15-33-24)36-37-29(22)25-9-21-23(13-32-14-26(21)35-25)17-3-5-19(30)6-4-17/h3-6,8-16,35H,7H2,1-2H3,(H,34,38)(H,36,37). The number of carbonyl (C=O) groups excluding carboxylic acids is 1. The van der Waals surface area contributed by atoms with Gasteiger partial charge >= 0.3 is 0 Å². The molecule has 3 N–H and O–H groups in total. The third-order valence-corrected chi connectivity index (χ3v) is 6.31. The van der Waals surface area contributed by atoms with Gasteiger partial charge in [-0.3, -0.25) is 24.8 Å². The van der Waals surface area contributed by atoms with E-state index < -0.39 is 0 Å². The molecule has 0 unspecified atom stereocenters. The zero-order valence-electron chi connectivity index (χ0n) is 20.8. The molecule has 0 spiro atoms. The van der Waals surface area contributed by atoms with Crippen LogP contribution in [-0.4, -0.2) is 36.0 Å². The normalized spacial score (nSPS) is 11.5. The number of pyridine rings is 3. The van der Waals surface area contributed by atoms with E-state index in [1.807, 2.05) is 32.0 Å². The Hall–Kier alpha value is -4.92. The maximum Gasteiger partial charge on any atom is 0.224 e. The summed E-state index contributed by atoms with van der Waals surface area (Å²) in [5, 5.41) is 12.4. The summed E-state index contributed by atoms with van der Waals surface area (Å²) >= 11 is 0. The molecule has 6 rings (SSSR count). The third-order valence-electron chi connectivity index (χ3n) is 6.31. The lowest BCUT2D eigenvalue weighted by molar-refractivity contribution is -0.116. The molecule has 1 amide bonds. The zero-order chi connectivity index (χ0) is 26.2. The minimum atomic E-state index is -0.283. The van der Waals surface area contributed by atoms with E-state index in [1.54, 1.807) is 43.1 Å². The fourth-order valence-electron chi connectivity index (χ4n) is 4.55. The van der Waals surface area contributed by atoms with Gasteiger partial charge in [-0.15, -0.1) is 0 Å². The second-order valence-corrected chi connectivity index (χ2v) is 9.63. The van der Waals surface area contributed by atoms with Crippen LogP contribution >= 0.6 is 0 Å². The Morgan fingerprint density at radius 1 is 0.921 bits per heavy atom. The molecule has 9 heteroatoms. The van der Waals surface area contributed by atoms with Gasteiger partial charge in [0.2, 0.25) is 5.91 Å². The molecule has 6 aromatic rings. The van der Waals surface area contributed by atoms with Crippen LogP contribution in [0.5, 0.6) is 0 Å². The van der Waals surface area contributed by atoms with Gasteiger partial charge in [0.15, 0.2) is 0 Å². The largest absolute Gasteiger partial charge is 0.352 e. The second-order valence-electron chi connectivity index (χ2n) is 9.63. The number of aromatic nitrogens is 6. The van der Waals surface area contributed by atoms with Gasteiger partial charge in [-0.05, 0) is 41.8 Å². The number of H-pyrrole nitrogens is 2. The van der Waals surface area contributed by atoms with Crippen molar-refractivity contribution in [3.8, 4) is 33.8 Å². The summed E-state index contributed by atoms with van der Waals surface area (Å²) in [5.74, 6) is -0.0653. The van der Waals surface area contributed by atoms with E-state index in [0.717, 1.165) is 49.9 Å². The van der Waals surface area contributed by atoms with Crippen molar-refractivity contribution in [1.82, 2.24) is 30.1 Å². The molecule has 0 aliphatic carbocycles. The number of nitrogens with one attached hydrogen (secondary N) is 3. The molecule has 38 heavy (non-hydrogen) atoms. The van der Waals surface area contributed by atoms with Crippen molar-refractivity contribution in [2.45, 2.75) is 20.3 Å². The molecular weight excluding hydrogens is 481 g/mol. The van der Waals surface area contributed by atoms with Crippen molar-refractivity contribution in [2.75, 3.05) is 5.32 Å². The zero-order valence-corrected chi connectivity index (χ0v) is 20.8. The lowest BCUT2D eigenvalue weighted by Gasteiger charge is -2.08. The lowest BCUT2D eigenvalue weighted by atomic mass is 10.0. The lowest BCUT2D eigenvalue weighted by Crippen LogP contribution is -2.13. The number of fused-ring (bicyclic) bond motifs is 2. The molecule has 0 aliphatic heterocycles. The van der Waals surface area contributed by atoms with Crippen molar-refractivity contribution in [2.24, 2.45) is 5.92 Å². The van der Waals surface area contributed by atoms with Crippen LogP contribution in [0.25, 0.3) is 55.6 Å².